The maximum Gasteiger partial charge on any atom is 0.261 e. The molecule has 0 unspecified atom stereocenters. The first-order chi connectivity index (χ1) is 8.54. The van der Waals surface area contributed by atoms with Crippen LogP contribution in [0.3, 0.4) is 0 Å². The van der Waals surface area contributed by atoms with Crippen LogP contribution in [0.25, 0.3) is 0 Å². The fourth-order valence-electron chi connectivity index (χ4n) is 1.23. The molecule has 3 nitrogen and oxygen atoms in total. The highest BCUT2D eigenvalue weighted by atomic mass is 19.3. The van der Waals surface area contributed by atoms with Gasteiger partial charge in [0.25, 0.3) is 6.43 Å². The quantitative estimate of drug-likeness (QED) is 0.633. The molecule has 0 atom stereocenters. The molecule has 0 bridgehead atoms. The van der Waals surface area contributed by atoms with Gasteiger partial charge in [0.1, 0.15) is 12.3 Å². The molecule has 0 aromatic heterocycles. The van der Waals surface area contributed by atoms with Crippen molar-refractivity contribution in [2.24, 2.45) is 0 Å². The summed E-state index contributed by atoms with van der Waals surface area (Å²) in [5.41, 5.74) is -0.542. The lowest BCUT2D eigenvalue weighted by Crippen LogP contribution is -2.14. The van der Waals surface area contributed by atoms with Crippen LogP contribution >= 0.6 is 0 Å². The Morgan fingerprint density at radius 3 is 2.39 bits per heavy atom. The van der Waals surface area contributed by atoms with Crippen LogP contribution in [0.15, 0.2) is 12.1 Å². The topological polar surface area (TPSA) is 45.0 Å². The molecular formula is C11H10F4N2O. The van der Waals surface area contributed by atoms with Gasteiger partial charge >= 0.3 is 0 Å². The summed E-state index contributed by atoms with van der Waals surface area (Å²) in [6, 6.07) is 3.37. The van der Waals surface area contributed by atoms with E-state index in [9.17, 15) is 17.6 Å². The summed E-state index contributed by atoms with van der Waals surface area (Å²) in [5.74, 6) is -1.83. The average molecular weight is 262 g/mol. The highest BCUT2D eigenvalue weighted by Gasteiger charge is 2.10. The van der Waals surface area contributed by atoms with Crippen LogP contribution in [0.4, 0.5) is 23.2 Å². The number of rotatable bonds is 6. The molecule has 0 saturated heterocycles. The van der Waals surface area contributed by atoms with Gasteiger partial charge in [0, 0.05) is 6.54 Å². The van der Waals surface area contributed by atoms with Gasteiger partial charge in [-0.3, -0.25) is 0 Å². The maximum atomic E-state index is 13.3. The molecule has 0 saturated carbocycles. The Labute approximate surface area is 101 Å². The Hall–Kier alpha value is -1.81. The molecule has 0 heterocycles. The third-order valence-electron chi connectivity index (χ3n) is 1.96. The van der Waals surface area contributed by atoms with Gasteiger partial charge in [0.15, 0.2) is 11.6 Å². The third-order valence-corrected chi connectivity index (χ3v) is 1.96. The Balaban J connectivity index is 2.50. The molecule has 0 fully saturated rings. The van der Waals surface area contributed by atoms with Crippen molar-refractivity contribution in [1.29, 1.82) is 5.26 Å². The smallest absolute Gasteiger partial charge is 0.261 e. The zero-order valence-corrected chi connectivity index (χ0v) is 9.22. The lowest BCUT2D eigenvalue weighted by Gasteiger charge is -2.09. The molecule has 0 radical (unpaired) electrons. The molecule has 0 spiro atoms. The number of nitrogens with one attached hydrogen (secondary N) is 1. The molecule has 0 aliphatic carbocycles. The monoisotopic (exact) mass is 262 g/mol. The molecule has 0 amide bonds. The van der Waals surface area contributed by atoms with E-state index in [0.717, 1.165) is 12.1 Å². The molecule has 1 N–H and O–H groups in total. The largest absolute Gasteiger partial charge is 0.378 e. The minimum absolute atomic E-state index is 0.0214. The van der Waals surface area contributed by atoms with Crippen LogP contribution < -0.4 is 5.32 Å². The van der Waals surface area contributed by atoms with E-state index in [2.05, 4.69) is 10.1 Å². The zero-order chi connectivity index (χ0) is 13.5. The van der Waals surface area contributed by atoms with Crippen molar-refractivity contribution < 1.29 is 22.3 Å². The lowest BCUT2D eigenvalue weighted by atomic mass is 10.2. The third kappa shape index (κ3) is 4.22. The van der Waals surface area contributed by atoms with E-state index in [-0.39, 0.29) is 18.7 Å². The first-order valence-corrected chi connectivity index (χ1v) is 5.03. The molecule has 98 valence electrons. The summed E-state index contributed by atoms with van der Waals surface area (Å²) in [4.78, 5) is 0. The number of hydrogen-bond donors (Lipinski definition) is 1. The number of nitrogens with zero attached hydrogens (tertiary/aromatic N) is 1. The molecule has 1 rings (SSSR count). The van der Waals surface area contributed by atoms with E-state index in [0.29, 0.717) is 0 Å². The van der Waals surface area contributed by atoms with Crippen molar-refractivity contribution in [2.45, 2.75) is 6.43 Å². The van der Waals surface area contributed by atoms with Crippen LogP contribution in [0.2, 0.25) is 0 Å². The van der Waals surface area contributed by atoms with Crippen molar-refractivity contribution in [3.8, 4) is 6.07 Å². The number of hydrogen-bond acceptors (Lipinski definition) is 3. The summed E-state index contributed by atoms with van der Waals surface area (Å²) >= 11 is 0. The lowest BCUT2D eigenvalue weighted by molar-refractivity contribution is 0.0214. The highest BCUT2D eigenvalue weighted by molar-refractivity contribution is 5.50. The second-order valence-electron chi connectivity index (χ2n) is 3.32. The second-order valence-corrected chi connectivity index (χ2v) is 3.32. The number of ether oxygens (including phenoxy) is 1. The van der Waals surface area contributed by atoms with Gasteiger partial charge in [-0.1, -0.05) is 0 Å². The minimum Gasteiger partial charge on any atom is -0.378 e. The van der Waals surface area contributed by atoms with E-state index in [4.69, 9.17) is 5.26 Å². The Bertz CT molecular complexity index is 422. The van der Waals surface area contributed by atoms with Crippen LogP contribution in [0, 0.1) is 23.0 Å². The van der Waals surface area contributed by atoms with Gasteiger partial charge in [-0.25, -0.2) is 17.6 Å². The van der Waals surface area contributed by atoms with Crippen molar-refractivity contribution in [3.63, 3.8) is 0 Å². The van der Waals surface area contributed by atoms with E-state index in [1.807, 2.05) is 0 Å². The number of alkyl halides is 2. The SMILES string of the molecule is N#Cc1cc(F)c(NCCOCC(F)F)c(F)c1. The zero-order valence-electron chi connectivity index (χ0n) is 9.22. The van der Waals surface area contributed by atoms with Crippen molar-refractivity contribution >= 4 is 5.69 Å². The van der Waals surface area contributed by atoms with Gasteiger partial charge in [-0.15, -0.1) is 0 Å². The standard InChI is InChI=1S/C11H10F4N2O/c12-8-3-7(5-16)4-9(13)11(8)17-1-2-18-6-10(14)15/h3-4,10,17H,1-2,6H2. The number of benzene rings is 1. The van der Waals surface area contributed by atoms with E-state index < -0.39 is 30.4 Å². The summed E-state index contributed by atoms with van der Waals surface area (Å²) in [7, 11) is 0. The van der Waals surface area contributed by atoms with Crippen molar-refractivity contribution in [3.05, 3.63) is 29.3 Å². The summed E-state index contributed by atoms with van der Waals surface area (Å²) < 4.78 is 54.6. The van der Waals surface area contributed by atoms with Crippen LogP contribution in [0.5, 0.6) is 0 Å². The predicted octanol–water partition coefficient (Wildman–Crippen LogP) is 2.53. The Morgan fingerprint density at radius 2 is 1.89 bits per heavy atom. The minimum atomic E-state index is -2.58. The molecule has 18 heavy (non-hydrogen) atoms. The molecule has 1 aromatic rings. The fraction of sp³-hybridized carbons (Fsp3) is 0.364. The summed E-state index contributed by atoms with van der Waals surface area (Å²) in [5, 5.41) is 10.9. The first-order valence-electron chi connectivity index (χ1n) is 5.03. The van der Waals surface area contributed by atoms with Gasteiger partial charge in [0.05, 0.1) is 18.2 Å². The summed E-state index contributed by atoms with van der Waals surface area (Å²) in [6.45, 7) is -0.851. The second kappa shape index (κ2) is 6.81. The number of halogens is 4. The molecule has 7 heteroatoms. The first kappa shape index (κ1) is 14.3. The molecule has 0 aliphatic rings. The van der Waals surface area contributed by atoms with E-state index in [1.54, 1.807) is 6.07 Å². The van der Waals surface area contributed by atoms with Gasteiger partial charge in [-0.05, 0) is 12.1 Å². The van der Waals surface area contributed by atoms with Crippen LogP contribution in [-0.2, 0) is 4.74 Å². The van der Waals surface area contributed by atoms with E-state index >= 15 is 0 Å². The van der Waals surface area contributed by atoms with Crippen molar-refractivity contribution in [1.82, 2.24) is 0 Å². The normalized spacial score (nSPS) is 10.4. The Morgan fingerprint density at radius 1 is 1.28 bits per heavy atom. The van der Waals surface area contributed by atoms with Gasteiger partial charge in [0.2, 0.25) is 0 Å². The average Bonchev–Trinajstić information content (AvgIpc) is 2.31. The highest BCUT2D eigenvalue weighted by Crippen LogP contribution is 2.20. The van der Waals surface area contributed by atoms with E-state index in [1.165, 1.54) is 0 Å². The van der Waals surface area contributed by atoms with Crippen LogP contribution in [-0.4, -0.2) is 26.2 Å². The summed E-state index contributed by atoms with van der Waals surface area (Å²) in [6.07, 6.45) is -2.58. The van der Waals surface area contributed by atoms with Gasteiger partial charge in [-0.2, -0.15) is 5.26 Å². The fourth-order valence-corrected chi connectivity index (χ4v) is 1.23. The predicted molar refractivity (Wildman–Crippen MR) is 56.4 cm³/mol. The number of anilines is 1. The van der Waals surface area contributed by atoms with Crippen LogP contribution in [0.1, 0.15) is 5.56 Å². The maximum absolute atomic E-state index is 13.3. The molecule has 1 aromatic carbocycles. The molecular weight excluding hydrogens is 252 g/mol. The van der Waals surface area contributed by atoms with Crippen molar-refractivity contribution in [2.75, 3.05) is 25.1 Å². The molecule has 0 aliphatic heterocycles. The number of nitriles is 1. The Kier molecular flexibility index (Phi) is 5.39. The van der Waals surface area contributed by atoms with Gasteiger partial charge < -0.3 is 10.1 Å².